The number of aliphatic hydroxyl groups excluding tert-OH is 1. The number of nitrogens with zero attached hydrogens (tertiary/aromatic N) is 3. The third-order valence-electron chi connectivity index (χ3n) is 4.64. The van der Waals surface area contributed by atoms with Gasteiger partial charge in [0.1, 0.15) is 5.69 Å². The Labute approximate surface area is 163 Å². The van der Waals surface area contributed by atoms with Gasteiger partial charge in [0, 0.05) is 11.0 Å². The van der Waals surface area contributed by atoms with Crippen molar-refractivity contribution in [2.24, 2.45) is 0 Å². The minimum absolute atomic E-state index is 0.0585. The van der Waals surface area contributed by atoms with E-state index in [1.54, 1.807) is 0 Å². The van der Waals surface area contributed by atoms with Crippen LogP contribution in [-0.2, 0) is 13.2 Å². The fourth-order valence-corrected chi connectivity index (χ4v) is 3.61. The summed E-state index contributed by atoms with van der Waals surface area (Å²) >= 11 is 3.58. The Morgan fingerprint density at radius 1 is 1.00 bits per heavy atom. The smallest absolute Gasteiger partial charge is 0.159 e. The molecule has 2 aromatic heterocycles. The molecule has 2 heterocycles. The van der Waals surface area contributed by atoms with E-state index in [1.807, 2.05) is 30.3 Å². The summed E-state index contributed by atoms with van der Waals surface area (Å²) in [5.41, 5.74) is 3.58. The van der Waals surface area contributed by atoms with E-state index in [-0.39, 0.29) is 6.61 Å². The van der Waals surface area contributed by atoms with Crippen molar-refractivity contribution in [3.63, 3.8) is 0 Å². The molecule has 5 heteroatoms. The molecule has 0 radical (unpaired) electrons. The number of rotatable bonds is 9. The summed E-state index contributed by atoms with van der Waals surface area (Å²) in [5, 5.41) is 9.40. The van der Waals surface area contributed by atoms with Crippen LogP contribution < -0.4 is 0 Å². The quantitative estimate of drug-likeness (QED) is 0.455. The summed E-state index contributed by atoms with van der Waals surface area (Å²) in [6.07, 6.45) is 7.57. The zero-order valence-electron chi connectivity index (χ0n) is 15.3. The molecule has 4 nitrogen and oxygen atoms in total. The summed E-state index contributed by atoms with van der Waals surface area (Å²) in [4.78, 5) is 9.39. The van der Waals surface area contributed by atoms with Crippen molar-refractivity contribution in [1.29, 1.82) is 0 Å². The highest BCUT2D eigenvalue weighted by Crippen LogP contribution is 2.27. The molecule has 0 amide bonds. The summed E-state index contributed by atoms with van der Waals surface area (Å²) in [7, 11) is 0. The molecule has 3 rings (SSSR count). The van der Waals surface area contributed by atoms with Crippen molar-refractivity contribution in [3.05, 3.63) is 46.6 Å². The number of benzene rings is 1. The number of fused-ring (bicyclic) bond motifs is 1. The summed E-state index contributed by atoms with van der Waals surface area (Å²) in [6, 6.07) is 11.9. The van der Waals surface area contributed by atoms with Crippen LogP contribution in [0, 0.1) is 0 Å². The molecule has 138 valence electrons. The first-order chi connectivity index (χ1) is 12.7. The average Bonchev–Trinajstić information content (AvgIpc) is 3.02. The van der Waals surface area contributed by atoms with Crippen LogP contribution in [0.5, 0.6) is 0 Å². The van der Waals surface area contributed by atoms with E-state index in [1.165, 1.54) is 32.1 Å². The molecular weight excluding hydrogens is 390 g/mol. The predicted molar refractivity (Wildman–Crippen MR) is 110 cm³/mol. The molecule has 0 aliphatic rings. The molecule has 0 atom stereocenters. The number of imidazole rings is 1. The Hall–Kier alpha value is -1.72. The van der Waals surface area contributed by atoms with E-state index in [9.17, 15) is 5.11 Å². The van der Waals surface area contributed by atoms with Gasteiger partial charge < -0.3 is 9.67 Å². The second-order valence-corrected chi connectivity index (χ2v) is 7.58. The van der Waals surface area contributed by atoms with Gasteiger partial charge in [-0.3, -0.25) is 0 Å². The van der Waals surface area contributed by atoms with Crippen LogP contribution >= 0.6 is 15.9 Å². The standard InChI is InChI=1S/C21H26BrN3O/c1-2-3-4-5-6-7-13-25-20-14-16(22)11-12-18(20)24-21(25)19-10-8-9-17(15-26)23-19/h8-12,14,26H,2-7,13,15H2,1H3. The lowest BCUT2D eigenvalue weighted by Gasteiger charge is -2.10. The van der Waals surface area contributed by atoms with Gasteiger partial charge in [0.05, 0.1) is 23.3 Å². The first kappa shape index (κ1) is 19.1. The lowest BCUT2D eigenvalue weighted by atomic mass is 10.1. The second-order valence-electron chi connectivity index (χ2n) is 6.66. The Morgan fingerprint density at radius 3 is 2.62 bits per heavy atom. The molecule has 0 unspecified atom stereocenters. The zero-order chi connectivity index (χ0) is 18.4. The zero-order valence-corrected chi connectivity index (χ0v) is 16.9. The molecular formula is C21H26BrN3O. The van der Waals surface area contributed by atoms with E-state index >= 15 is 0 Å². The van der Waals surface area contributed by atoms with Crippen molar-refractivity contribution in [1.82, 2.24) is 14.5 Å². The molecule has 0 fully saturated rings. The maximum Gasteiger partial charge on any atom is 0.159 e. The molecule has 3 aromatic rings. The van der Waals surface area contributed by atoms with Crippen LogP contribution in [0.15, 0.2) is 40.9 Å². The highest BCUT2D eigenvalue weighted by molar-refractivity contribution is 9.10. The van der Waals surface area contributed by atoms with Crippen molar-refractivity contribution in [3.8, 4) is 11.5 Å². The van der Waals surface area contributed by atoms with Gasteiger partial charge in [-0.1, -0.05) is 61.0 Å². The van der Waals surface area contributed by atoms with Gasteiger partial charge in [-0.25, -0.2) is 9.97 Å². The number of hydrogen-bond acceptors (Lipinski definition) is 3. The van der Waals surface area contributed by atoms with E-state index < -0.39 is 0 Å². The lowest BCUT2D eigenvalue weighted by molar-refractivity contribution is 0.277. The van der Waals surface area contributed by atoms with Crippen molar-refractivity contribution >= 4 is 27.0 Å². The fourth-order valence-electron chi connectivity index (χ4n) is 3.26. The summed E-state index contributed by atoms with van der Waals surface area (Å²) < 4.78 is 3.32. The van der Waals surface area contributed by atoms with Crippen molar-refractivity contribution < 1.29 is 5.11 Å². The SMILES string of the molecule is CCCCCCCCn1c(-c2cccc(CO)n2)nc2ccc(Br)cc21. The van der Waals surface area contributed by atoms with E-state index in [2.05, 4.69) is 38.5 Å². The molecule has 0 saturated heterocycles. The summed E-state index contributed by atoms with van der Waals surface area (Å²) in [5.74, 6) is 0.877. The van der Waals surface area contributed by atoms with Crippen LogP contribution in [0.2, 0.25) is 0 Å². The Balaban J connectivity index is 1.89. The third kappa shape index (κ3) is 4.51. The normalized spacial score (nSPS) is 11.3. The first-order valence-corrected chi connectivity index (χ1v) is 10.2. The molecule has 0 aliphatic heterocycles. The fraction of sp³-hybridized carbons (Fsp3) is 0.429. The number of aryl methyl sites for hydroxylation is 1. The highest BCUT2D eigenvalue weighted by Gasteiger charge is 2.14. The van der Waals surface area contributed by atoms with Crippen molar-refractivity contribution in [2.75, 3.05) is 0 Å². The molecule has 0 bridgehead atoms. The Bertz CT molecular complexity index is 860. The number of aliphatic hydroxyl groups is 1. The minimum atomic E-state index is -0.0585. The van der Waals surface area contributed by atoms with Gasteiger partial charge >= 0.3 is 0 Å². The molecule has 0 aliphatic carbocycles. The topological polar surface area (TPSA) is 50.9 Å². The Morgan fingerprint density at radius 2 is 1.81 bits per heavy atom. The molecule has 26 heavy (non-hydrogen) atoms. The Kier molecular flexibility index (Phi) is 6.80. The highest BCUT2D eigenvalue weighted by atomic mass is 79.9. The van der Waals surface area contributed by atoms with Gasteiger partial charge in [0.2, 0.25) is 0 Å². The third-order valence-corrected chi connectivity index (χ3v) is 5.14. The molecule has 0 spiro atoms. The lowest BCUT2D eigenvalue weighted by Crippen LogP contribution is -2.03. The van der Waals surface area contributed by atoms with Crippen LogP contribution in [0.25, 0.3) is 22.6 Å². The van der Waals surface area contributed by atoms with Gasteiger partial charge in [0.15, 0.2) is 5.82 Å². The monoisotopic (exact) mass is 415 g/mol. The predicted octanol–water partition coefficient (Wildman–Crippen LogP) is 5.71. The molecule has 0 saturated carbocycles. The largest absolute Gasteiger partial charge is 0.390 e. The second kappa shape index (κ2) is 9.28. The minimum Gasteiger partial charge on any atom is -0.390 e. The number of halogens is 1. The molecule has 1 aromatic carbocycles. The number of pyridine rings is 1. The van der Waals surface area contributed by atoms with Gasteiger partial charge in [0.25, 0.3) is 0 Å². The number of unbranched alkanes of at least 4 members (excludes halogenated alkanes) is 5. The molecule has 1 N–H and O–H groups in total. The van der Waals surface area contributed by atoms with Crippen LogP contribution in [0.4, 0.5) is 0 Å². The van der Waals surface area contributed by atoms with Crippen LogP contribution in [-0.4, -0.2) is 19.6 Å². The number of hydrogen-bond donors (Lipinski definition) is 1. The maximum atomic E-state index is 9.40. The van der Waals surface area contributed by atoms with E-state index in [0.717, 1.165) is 40.0 Å². The van der Waals surface area contributed by atoms with Crippen LogP contribution in [0.3, 0.4) is 0 Å². The average molecular weight is 416 g/mol. The van der Waals surface area contributed by atoms with Gasteiger partial charge in [-0.15, -0.1) is 0 Å². The first-order valence-electron chi connectivity index (χ1n) is 9.46. The van der Waals surface area contributed by atoms with E-state index in [0.29, 0.717) is 5.69 Å². The maximum absolute atomic E-state index is 9.40. The van der Waals surface area contributed by atoms with Crippen molar-refractivity contribution in [2.45, 2.75) is 58.6 Å². The number of aromatic nitrogens is 3. The van der Waals surface area contributed by atoms with Gasteiger partial charge in [-0.05, 0) is 36.8 Å². The van der Waals surface area contributed by atoms with Gasteiger partial charge in [-0.2, -0.15) is 0 Å². The van der Waals surface area contributed by atoms with Crippen LogP contribution in [0.1, 0.15) is 51.1 Å². The van der Waals surface area contributed by atoms with E-state index in [4.69, 9.17) is 4.98 Å². The summed E-state index contributed by atoms with van der Waals surface area (Å²) in [6.45, 7) is 3.12.